The first-order valence-electron chi connectivity index (χ1n) is 6.08. The molecule has 0 radical (unpaired) electrons. The molecule has 0 saturated heterocycles. The minimum absolute atomic E-state index is 0.0320. The smallest absolute Gasteiger partial charge is 0.311 e. The summed E-state index contributed by atoms with van der Waals surface area (Å²) in [5.41, 5.74) is 0.0275. The number of hydrogen-bond donors (Lipinski definition) is 0. The van der Waals surface area contributed by atoms with Gasteiger partial charge in [0.1, 0.15) is 0 Å². The van der Waals surface area contributed by atoms with Gasteiger partial charge in [0.15, 0.2) is 5.75 Å². The van der Waals surface area contributed by atoms with Crippen molar-refractivity contribution < 1.29 is 14.5 Å². The van der Waals surface area contributed by atoms with Crippen molar-refractivity contribution in [3.63, 3.8) is 0 Å². The van der Waals surface area contributed by atoms with Crippen molar-refractivity contribution in [2.75, 3.05) is 20.7 Å². The second-order valence-electron chi connectivity index (χ2n) is 4.44. The summed E-state index contributed by atoms with van der Waals surface area (Å²) >= 11 is 5.84. The molecule has 1 atom stereocenters. The summed E-state index contributed by atoms with van der Waals surface area (Å²) in [6.07, 6.45) is 0.655. The Morgan fingerprint density at radius 3 is 2.70 bits per heavy atom. The number of halogens is 1. The first kappa shape index (κ1) is 16.2. The van der Waals surface area contributed by atoms with Gasteiger partial charge in [0.05, 0.1) is 12.0 Å². The van der Waals surface area contributed by atoms with Crippen molar-refractivity contribution in [2.24, 2.45) is 0 Å². The van der Waals surface area contributed by atoms with E-state index in [2.05, 4.69) is 0 Å². The third-order valence-electron chi connectivity index (χ3n) is 2.83. The Hall–Kier alpha value is -1.82. The van der Waals surface area contributed by atoms with Crippen LogP contribution in [0.15, 0.2) is 18.2 Å². The van der Waals surface area contributed by atoms with Gasteiger partial charge < -0.3 is 9.64 Å². The number of nitrogens with zero attached hydrogens (tertiary/aromatic N) is 2. The molecule has 0 aromatic heterocycles. The van der Waals surface area contributed by atoms with Gasteiger partial charge in [0.25, 0.3) is 5.91 Å². The van der Waals surface area contributed by atoms with E-state index in [-0.39, 0.29) is 28.3 Å². The first-order chi connectivity index (χ1) is 9.36. The highest BCUT2D eigenvalue weighted by molar-refractivity contribution is 6.20. The van der Waals surface area contributed by atoms with Gasteiger partial charge in [-0.1, -0.05) is 0 Å². The van der Waals surface area contributed by atoms with Crippen molar-refractivity contribution in [3.8, 4) is 5.75 Å². The fourth-order valence-electron chi connectivity index (χ4n) is 1.66. The number of nitro groups is 1. The van der Waals surface area contributed by atoms with E-state index in [4.69, 9.17) is 16.3 Å². The fourth-order valence-corrected chi connectivity index (χ4v) is 1.76. The molecule has 0 N–H and O–H groups in total. The molecule has 1 aromatic rings. The van der Waals surface area contributed by atoms with Crippen LogP contribution in [0.2, 0.25) is 0 Å². The van der Waals surface area contributed by atoms with Crippen molar-refractivity contribution in [2.45, 2.75) is 18.7 Å². The highest BCUT2D eigenvalue weighted by Gasteiger charge is 2.20. The molecule has 110 valence electrons. The highest BCUT2D eigenvalue weighted by atomic mass is 35.5. The number of methoxy groups -OCH3 is 1. The van der Waals surface area contributed by atoms with Crippen molar-refractivity contribution in [1.82, 2.24) is 4.90 Å². The zero-order chi connectivity index (χ0) is 15.3. The van der Waals surface area contributed by atoms with Gasteiger partial charge in [-0.2, -0.15) is 0 Å². The molecule has 1 amide bonds. The van der Waals surface area contributed by atoms with Gasteiger partial charge in [0.2, 0.25) is 0 Å². The molecule has 0 fully saturated rings. The Balaban J connectivity index is 2.93. The van der Waals surface area contributed by atoms with E-state index in [0.29, 0.717) is 13.0 Å². The first-order valence-corrected chi connectivity index (χ1v) is 6.52. The second-order valence-corrected chi connectivity index (χ2v) is 5.18. The number of carbonyl (C=O) groups is 1. The fraction of sp³-hybridized carbons (Fsp3) is 0.462. The van der Waals surface area contributed by atoms with E-state index in [9.17, 15) is 14.9 Å². The monoisotopic (exact) mass is 300 g/mol. The zero-order valence-electron chi connectivity index (χ0n) is 11.6. The SMILES string of the molecule is COc1ccc(C(=O)N(C)CCC(C)Cl)cc1[N+](=O)[O-]. The van der Waals surface area contributed by atoms with Crippen molar-refractivity contribution >= 4 is 23.2 Å². The molecule has 0 aliphatic carbocycles. The largest absolute Gasteiger partial charge is 0.490 e. The number of rotatable bonds is 6. The molecule has 0 spiro atoms. The quantitative estimate of drug-likeness (QED) is 0.460. The molecule has 1 rings (SSSR count). The van der Waals surface area contributed by atoms with Crippen LogP contribution in [0.4, 0.5) is 5.69 Å². The van der Waals surface area contributed by atoms with Crippen molar-refractivity contribution in [3.05, 3.63) is 33.9 Å². The van der Waals surface area contributed by atoms with Gasteiger partial charge in [0, 0.05) is 30.6 Å². The van der Waals surface area contributed by atoms with Crippen LogP contribution in [-0.2, 0) is 0 Å². The zero-order valence-corrected chi connectivity index (χ0v) is 12.4. The van der Waals surface area contributed by atoms with E-state index in [0.717, 1.165) is 0 Å². The van der Waals surface area contributed by atoms with Crippen LogP contribution in [0.5, 0.6) is 5.75 Å². The minimum Gasteiger partial charge on any atom is -0.490 e. The molecular formula is C13H17ClN2O4. The summed E-state index contributed by atoms with van der Waals surface area (Å²) < 4.78 is 4.90. The number of benzene rings is 1. The summed E-state index contributed by atoms with van der Waals surface area (Å²) in [6, 6.07) is 4.15. The number of carbonyl (C=O) groups excluding carboxylic acids is 1. The summed E-state index contributed by atoms with van der Waals surface area (Å²) in [7, 11) is 2.98. The third-order valence-corrected chi connectivity index (χ3v) is 3.05. The van der Waals surface area contributed by atoms with Gasteiger partial charge in [-0.3, -0.25) is 14.9 Å². The van der Waals surface area contributed by atoms with Crippen LogP contribution in [0.1, 0.15) is 23.7 Å². The Kier molecular flexibility index (Phi) is 5.76. The Morgan fingerprint density at radius 2 is 2.20 bits per heavy atom. The standard InChI is InChI=1S/C13H17ClN2O4/c1-9(14)6-7-15(2)13(17)10-4-5-12(20-3)11(8-10)16(18)19/h4-5,8-9H,6-7H2,1-3H3. The van der Waals surface area contributed by atoms with Crippen LogP contribution in [0.3, 0.4) is 0 Å². The van der Waals surface area contributed by atoms with Crippen molar-refractivity contribution in [1.29, 1.82) is 0 Å². The van der Waals surface area contributed by atoms with Gasteiger partial charge in [-0.25, -0.2) is 0 Å². The summed E-state index contributed by atoms with van der Waals surface area (Å²) in [5.74, 6) is -0.156. The van der Waals surface area contributed by atoms with Gasteiger partial charge >= 0.3 is 5.69 Å². The molecule has 0 saturated carbocycles. The number of amides is 1. The molecule has 20 heavy (non-hydrogen) atoms. The maximum absolute atomic E-state index is 12.2. The third kappa shape index (κ3) is 4.09. The van der Waals surface area contributed by atoms with Crippen LogP contribution in [0.25, 0.3) is 0 Å². The van der Waals surface area contributed by atoms with E-state index >= 15 is 0 Å². The summed E-state index contributed by atoms with van der Waals surface area (Å²) in [4.78, 5) is 24.0. The van der Waals surface area contributed by atoms with Crippen LogP contribution in [0, 0.1) is 10.1 Å². The minimum atomic E-state index is -0.573. The second kappa shape index (κ2) is 7.09. The lowest BCUT2D eigenvalue weighted by atomic mass is 10.1. The predicted molar refractivity (Wildman–Crippen MR) is 76.5 cm³/mol. The van der Waals surface area contributed by atoms with E-state index in [1.54, 1.807) is 7.05 Å². The lowest BCUT2D eigenvalue weighted by molar-refractivity contribution is -0.385. The average molecular weight is 301 g/mol. The molecular weight excluding hydrogens is 284 g/mol. The van der Waals surface area contributed by atoms with E-state index in [1.165, 1.54) is 30.2 Å². The Labute approximate surface area is 122 Å². The predicted octanol–water partition coefficient (Wildman–Crippen LogP) is 2.69. The van der Waals surface area contributed by atoms with Crippen LogP contribution in [-0.4, -0.2) is 41.8 Å². The molecule has 1 aromatic carbocycles. The highest BCUT2D eigenvalue weighted by Crippen LogP contribution is 2.27. The number of ether oxygens (including phenoxy) is 1. The topological polar surface area (TPSA) is 72.7 Å². The molecule has 0 aliphatic heterocycles. The van der Waals surface area contributed by atoms with E-state index < -0.39 is 4.92 Å². The van der Waals surface area contributed by atoms with Crippen LogP contribution >= 0.6 is 11.6 Å². The normalized spacial score (nSPS) is 11.8. The molecule has 0 aliphatic rings. The molecule has 0 heterocycles. The summed E-state index contributed by atoms with van der Waals surface area (Å²) in [5, 5.41) is 10.9. The average Bonchev–Trinajstić information content (AvgIpc) is 2.42. The lowest BCUT2D eigenvalue weighted by Crippen LogP contribution is -2.28. The summed E-state index contributed by atoms with van der Waals surface area (Å²) in [6.45, 7) is 2.33. The van der Waals surface area contributed by atoms with Crippen LogP contribution < -0.4 is 4.74 Å². The number of nitro benzene ring substituents is 1. The lowest BCUT2D eigenvalue weighted by Gasteiger charge is -2.18. The number of hydrogen-bond acceptors (Lipinski definition) is 4. The maximum atomic E-state index is 12.2. The van der Waals surface area contributed by atoms with E-state index in [1.807, 2.05) is 6.92 Å². The Morgan fingerprint density at radius 1 is 1.55 bits per heavy atom. The molecule has 6 nitrogen and oxygen atoms in total. The molecule has 7 heteroatoms. The maximum Gasteiger partial charge on any atom is 0.311 e. The van der Waals surface area contributed by atoms with Gasteiger partial charge in [-0.05, 0) is 25.5 Å². The molecule has 1 unspecified atom stereocenters. The number of alkyl halides is 1. The van der Waals surface area contributed by atoms with Gasteiger partial charge in [-0.15, -0.1) is 11.6 Å². The Bertz CT molecular complexity index is 505. The molecule has 0 bridgehead atoms.